The molecule has 1 aromatic rings. The van der Waals surface area contributed by atoms with Crippen molar-refractivity contribution in [1.29, 1.82) is 0 Å². The summed E-state index contributed by atoms with van der Waals surface area (Å²) in [5.74, 6) is -0.897. The molecule has 0 radical (unpaired) electrons. The number of alkyl halides is 3. The maximum absolute atomic E-state index is 12.2. The van der Waals surface area contributed by atoms with Crippen molar-refractivity contribution >= 4 is 28.2 Å². The number of nitrogen functional groups attached to an aromatic ring is 1. The molecule has 10 heteroatoms. The zero-order chi connectivity index (χ0) is 15.3. The highest BCUT2D eigenvalue weighted by Gasteiger charge is 2.32. The molecule has 0 aliphatic carbocycles. The predicted molar refractivity (Wildman–Crippen MR) is 69.9 cm³/mol. The molecular formula is C10H15F3N4O2S. The maximum Gasteiger partial charge on any atom is 0.406 e. The van der Waals surface area contributed by atoms with Gasteiger partial charge in [-0.25, -0.2) is 4.98 Å². The third-order valence-corrected chi connectivity index (χ3v) is 3.21. The molecule has 0 fully saturated rings. The summed E-state index contributed by atoms with van der Waals surface area (Å²) in [5.41, 5.74) is 5.55. The van der Waals surface area contributed by atoms with E-state index in [4.69, 9.17) is 10.5 Å². The van der Waals surface area contributed by atoms with Gasteiger partial charge < -0.3 is 20.7 Å². The number of halogens is 3. The van der Waals surface area contributed by atoms with Crippen LogP contribution < -0.4 is 11.1 Å². The number of ether oxygens (including phenoxy) is 1. The third kappa shape index (κ3) is 4.85. The lowest BCUT2D eigenvalue weighted by atomic mass is 10.4. The van der Waals surface area contributed by atoms with Gasteiger partial charge in [0, 0.05) is 20.7 Å². The Bertz CT molecular complexity index is 464. The van der Waals surface area contributed by atoms with E-state index in [1.807, 2.05) is 0 Å². The quantitative estimate of drug-likeness (QED) is 0.777. The average Bonchev–Trinajstić information content (AvgIpc) is 2.67. The normalized spacial score (nSPS) is 11.4. The molecule has 1 amide bonds. The predicted octanol–water partition coefficient (Wildman–Crippen LogP) is 1.42. The van der Waals surface area contributed by atoms with E-state index in [-0.39, 0.29) is 10.7 Å². The van der Waals surface area contributed by atoms with Gasteiger partial charge in [0.2, 0.25) is 0 Å². The highest BCUT2D eigenvalue weighted by Crippen LogP contribution is 2.27. The monoisotopic (exact) mass is 312 g/mol. The number of rotatable bonds is 6. The Balaban J connectivity index is 2.73. The molecule has 0 spiro atoms. The Hall–Kier alpha value is -1.55. The number of anilines is 2. The van der Waals surface area contributed by atoms with Crippen LogP contribution in [0.5, 0.6) is 0 Å². The van der Waals surface area contributed by atoms with Gasteiger partial charge in [-0.2, -0.15) is 13.2 Å². The Kier molecular flexibility index (Phi) is 5.57. The van der Waals surface area contributed by atoms with Crippen molar-refractivity contribution < 1.29 is 22.7 Å². The molecule has 3 N–H and O–H groups in total. The van der Waals surface area contributed by atoms with E-state index in [9.17, 15) is 18.0 Å². The molecule has 0 unspecified atom stereocenters. The lowest BCUT2D eigenvalue weighted by Crippen LogP contribution is -2.35. The molecule has 0 saturated heterocycles. The number of carbonyl (C=O) groups excluding carboxylic acids is 1. The number of nitrogens with zero attached hydrogens (tertiary/aromatic N) is 2. The van der Waals surface area contributed by atoms with Crippen LogP contribution in [-0.2, 0) is 4.74 Å². The van der Waals surface area contributed by atoms with Crippen molar-refractivity contribution in [3.05, 3.63) is 4.88 Å². The van der Waals surface area contributed by atoms with Gasteiger partial charge in [0.25, 0.3) is 5.91 Å². The van der Waals surface area contributed by atoms with Crippen LogP contribution in [-0.4, -0.2) is 55.8 Å². The molecule has 0 bridgehead atoms. The number of methoxy groups -OCH3 is 1. The zero-order valence-corrected chi connectivity index (χ0v) is 11.8. The van der Waals surface area contributed by atoms with Crippen LogP contribution >= 0.6 is 11.3 Å². The van der Waals surface area contributed by atoms with Crippen molar-refractivity contribution in [3.63, 3.8) is 0 Å². The molecule has 0 saturated carbocycles. The van der Waals surface area contributed by atoms with Crippen molar-refractivity contribution in [2.24, 2.45) is 0 Å². The average molecular weight is 312 g/mol. The van der Waals surface area contributed by atoms with E-state index >= 15 is 0 Å². The van der Waals surface area contributed by atoms with Crippen LogP contribution in [0.2, 0.25) is 0 Å². The number of carbonyl (C=O) groups is 1. The summed E-state index contributed by atoms with van der Waals surface area (Å²) >= 11 is 0.911. The molecular weight excluding hydrogens is 297 g/mol. The molecule has 1 heterocycles. The smallest absolute Gasteiger partial charge is 0.383 e. The zero-order valence-electron chi connectivity index (χ0n) is 11.0. The van der Waals surface area contributed by atoms with Crippen LogP contribution in [0.4, 0.5) is 24.1 Å². The minimum Gasteiger partial charge on any atom is -0.383 e. The molecule has 1 rings (SSSR count). The molecule has 114 valence electrons. The summed E-state index contributed by atoms with van der Waals surface area (Å²) < 4.78 is 41.5. The number of nitrogens with two attached hydrogens (primary N) is 1. The fourth-order valence-corrected chi connectivity index (χ4v) is 2.24. The number of thiazole rings is 1. The van der Waals surface area contributed by atoms with Crippen LogP contribution in [0.3, 0.4) is 0 Å². The van der Waals surface area contributed by atoms with Crippen LogP contribution in [0, 0.1) is 0 Å². The molecule has 0 aliphatic heterocycles. The van der Waals surface area contributed by atoms with Gasteiger partial charge in [0.15, 0.2) is 5.13 Å². The van der Waals surface area contributed by atoms with Crippen molar-refractivity contribution in [3.8, 4) is 0 Å². The van der Waals surface area contributed by atoms with Crippen LogP contribution in [0.25, 0.3) is 0 Å². The first-order valence-electron chi connectivity index (χ1n) is 5.56. The van der Waals surface area contributed by atoms with Crippen molar-refractivity contribution in [2.45, 2.75) is 6.18 Å². The van der Waals surface area contributed by atoms with Gasteiger partial charge in [0.05, 0.1) is 6.61 Å². The van der Waals surface area contributed by atoms with Crippen molar-refractivity contribution in [2.75, 3.05) is 44.9 Å². The SMILES string of the molecule is COCCNc1nc(N)c(C(=O)N(C)CC(F)(F)F)s1. The summed E-state index contributed by atoms with van der Waals surface area (Å²) in [6, 6.07) is 0. The van der Waals surface area contributed by atoms with Crippen LogP contribution in [0.1, 0.15) is 9.67 Å². The summed E-state index contributed by atoms with van der Waals surface area (Å²) in [5, 5.41) is 3.22. The molecule has 6 nitrogen and oxygen atoms in total. The Labute approximate surface area is 117 Å². The fraction of sp³-hybridized carbons (Fsp3) is 0.600. The topological polar surface area (TPSA) is 80.5 Å². The van der Waals surface area contributed by atoms with Gasteiger partial charge in [-0.05, 0) is 0 Å². The van der Waals surface area contributed by atoms with E-state index in [0.29, 0.717) is 23.2 Å². The minimum atomic E-state index is -4.45. The number of nitrogens with one attached hydrogen (secondary N) is 1. The second kappa shape index (κ2) is 6.75. The summed E-state index contributed by atoms with van der Waals surface area (Å²) in [6.45, 7) is -0.457. The Morgan fingerprint density at radius 1 is 1.55 bits per heavy atom. The standard InChI is InChI=1S/C10H15F3N4O2S/c1-17(5-10(11,12)13)8(18)6-7(14)16-9(20-6)15-3-4-19-2/h3-5,14H2,1-2H3,(H,15,16). The van der Waals surface area contributed by atoms with Crippen LogP contribution in [0.15, 0.2) is 0 Å². The first-order valence-corrected chi connectivity index (χ1v) is 6.37. The van der Waals surface area contributed by atoms with Gasteiger partial charge in [0.1, 0.15) is 17.2 Å². The highest BCUT2D eigenvalue weighted by atomic mass is 32.1. The summed E-state index contributed by atoms with van der Waals surface area (Å²) in [7, 11) is 2.59. The van der Waals surface area contributed by atoms with E-state index in [0.717, 1.165) is 18.4 Å². The third-order valence-electron chi connectivity index (χ3n) is 2.19. The molecule has 0 aliphatic rings. The maximum atomic E-state index is 12.2. The Morgan fingerprint density at radius 3 is 2.75 bits per heavy atom. The van der Waals surface area contributed by atoms with Crippen molar-refractivity contribution in [1.82, 2.24) is 9.88 Å². The fourth-order valence-electron chi connectivity index (χ4n) is 1.33. The van der Waals surface area contributed by atoms with E-state index in [1.54, 1.807) is 0 Å². The lowest BCUT2D eigenvalue weighted by Gasteiger charge is -2.17. The first kappa shape index (κ1) is 16.5. The molecule has 20 heavy (non-hydrogen) atoms. The minimum absolute atomic E-state index is 0.0170. The van der Waals surface area contributed by atoms with Gasteiger partial charge in [-0.3, -0.25) is 4.79 Å². The number of hydrogen-bond donors (Lipinski definition) is 2. The molecule has 0 atom stereocenters. The summed E-state index contributed by atoms with van der Waals surface area (Å²) in [4.78, 5) is 16.3. The summed E-state index contributed by atoms with van der Waals surface area (Å²) in [6.07, 6.45) is -4.45. The van der Waals surface area contributed by atoms with Gasteiger partial charge >= 0.3 is 6.18 Å². The lowest BCUT2D eigenvalue weighted by molar-refractivity contribution is -0.138. The number of amides is 1. The second-order valence-electron chi connectivity index (χ2n) is 3.93. The second-order valence-corrected chi connectivity index (χ2v) is 4.93. The van der Waals surface area contributed by atoms with E-state index < -0.39 is 18.6 Å². The Morgan fingerprint density at radius 2 is 2.20 bits per heavy atom. The number of aromatic nitrogens is 1. The molecule has 0 aromatic carbocycles. The van der Waals surface area contributed by atoms with E-state index in [1.165, 1.54) is 7.11 Å². The molecule has 1 aromatic heterocycles. The van der Waals surface area contributed by atoms with E-state index in [2.05, 4.69) is 10.3 Å². The highest BCUT2D eigenvalue weighted by molar-refractivity contribution is 7.18. The largest absolute Gasteiger partial charge is 0.406 e. The van der Waals surface area contributed by atoms with Gasteiger partial charge in [-0.15, -0.1) is 0 Å². The van der Waals surface area contributed by atoms with Gasteiger partial charge in [-0.1, -0.05) is 11.3 Å². The first-order chi connectivity index (χ1) is 9.24. The number of hydrogen-bond acceptors (Lipinski definition) is 6.